The first-order valence-electron chi connectivity index (χ1n) is 6.79. The zero-order valence-electron chi connectivity index (χ0n) is 11.9. The molecular formula is C17H14O5. The largest absolute Gasteiger partial charge is 0.454 e. The lowest BCUT2D eigenvalue weighted by molar-refractivity contribution is -0.144. The van der Waals surface area contributed by atoms with Gasteiger partial charge in [0.15, 0.2) is 17.6 Å². The molecule has 0 aromatic heterocycles. The zero-order chi connectivity index (χ0) is 15.5. The smallest absolute Gasteiger partial charge is 0.303 e. The lowest BCUT2D eigenvalue weighted by atomic mass is 10.00. The van der Waals surface area contributed by atoms with Crippen LogP contribution >= 0.6 is 0 Å². The summed E-state index contributed by atoms with van der Waals surface area (Å²) < 4.78 is 16.1. The van der Waals surface area contributed by atoms with E-state index in [9.17, 15) is 9.59 Å². The number of fused-ring (bicyclic) bond motifs is 1. The van der Waals surface area contributed by atoms with Crippen LogP contribution in [0, 0.1) is 0 Å². The molecule has 5 nitrogen and oxygen atoms in total. The molecule has 22 heavy (non-hydrogen) atoms. The van der Waals surface area contributed by atoms with E-state index < -0.39 is 6.10 Å². The Balaban J connectivity index is 1.98. The standard InChI is InChI=1S/C17H14O5/c1-11(19)22-17(13-4-2-12(9-18)3-5-13)14-6-7-15-16(8-14)21-10-20-15/h2-9,17H,10H2,1H3. The minimum Gasteiger partial charge on any atom is -0.454 e. The quantitative estimate of drug-likeness (QED) is 0.641. The van der Waals surface area contributed by atoms with E-state index in [1.54, 1.807) is 36.4 Å². The highest BCUT2D eigenvalue weighted by atomic mass is 16.7. The third-order valence-electron chi connectivity index (χ3n) is 3.36. The van der Waals surface area contributed by atoms with Crippen molar-refractivity contribution in [2.24, 2.45) is 0 Å². The molecule has 1 aliphatic rings. The van der Waals surface area contributed by atoms with Crippen LogP contribution in [0.2, 0.25) is 0 Å². The second-order valence-corrected chi connectivity index (χ2v) is 4.89. The highest BCUT2D eigenvalue weighted by molar-refractivity contribution is 5.74. The number of hydrogen-bond donors (Lipinski definition) is 0. The number of hydrogen-bond acceptors (Lipinski definition) is 5. The normalized spacial score (nSPS) is 13.5. The van der Waals surface area contributed by atoms with Gasteiger partial charge in [0.2, 0.25) is 6.79 Å². The van der Waals surface area contributed by atoms with E-state index in [1.165, 1.54) is 6.92 Å². The van der Waals surface area contributed by atoms with Crippen LogP contribution in [0.25, 0.3) is 0 Å². The Morgan fingerprint density at radius 2 is 1.77 bits per heavy atom. The van der Waals surface area contributed by atoms with Gasteiger partial charge < -0.3 is 14.2 Å². The Kier molecular flexibility index (Phi) is 3.78. The Morgan fingerprint density at radius 3 is 2.45 bits per heavy atom. The van der Waals surface area contributed by atoms with Crippen LogP contribution in [-0.4, -0.2) is 19.0 Å². The van der Waals surface area contributed by atoms with Crippen LogP contribution < -0.4 is 9.47 Å². The fourth-order valence-corrected chi connectivity index (χ4v) is 2.32. The molecule has 1 aliphatic heterocycles. The van der Waals surface area contributed by atoms with E-state index in [1.807, 2.05) is 6.07 Å². The Morgan fingerprint density at radius 1 is 1.09 bits per heavy atom. The van der Waals surface area contributed by atoms with Gasteiger partial charge in [0.1, 0.15) is 6.29 Å². The minimum absolute atomic E-state index is 0.186. The Labute approximate surface area is 127 Å². The molecule has 1 atom stereocenters. The van der Waals surface area contributed by atoms with E-state index >= 15 is 0 Å². The molecule has 3 rings (SSSR count). The highest BCUT2D eigenvalue weighted by Crippen LogP contribution is 2.36. The number of carbonyl (C=O) groups is 2. The predicted molar refractivity (Wildman–Crippen MR) is 78.0 cm³/mol. The third-order valence-corrected chi connectivity index (χ3v) is 3.36. The van der Waals surface area contributed by atoms with E-state index in [4.69, 9.17) is 14.2 Å². The van der Waals surface area contributed by atoms with Crippen molar-refractivity contribution in [3.8, 4) is 11.5 Å². The molecule has 2 aromatic carbocycles. The minimum atomic E-state index is -0.562. The predicted octanol–water partition coefficient (Wildman–Crippen LogP) is 2.88. The molecule has 112 valence electrons. The topological polar surface area (TPSA) is 61.8 Å². The Bertz CT molecular complexity index is 705. The van der Waals surface area contributed by atoms with Gasteiger partial charge in [0.05, 0.1) is 0 Å². The molecule has 0 N–H and O–H groups in total. The number of carbonyl (C=O) groups excluding carboxylic acids is 2. The van der Waals surface area contributed by atoms with E-state index in [-0.39, 0.29) is 12.8 Å². The SMILES string of the molecule is CC(=O)OC(c1ccc(C=O)cc1)c1ccc2c(c1)OCO2. The fourth-order valence-electron chi connectivity index (χ4n) is 2.32. The summed E-state index contributed by atoms with van der Waals surface area (Å²) in [5.74, 6) is 0.905. The molecule has 0 fully saturated rings. The first-order chi connectivity index (χ1) is 10.7. The van der Waals surface area contributed by atoms with Gasteiger partial charge in [-0.15, -0.1) is 0 Å². The average Bonchev–Trinajstić information content (AvgIpc) is 3.00. The number of ether oxygens (including phenoxy) is 3. The lowest BCUT2D eigenvalue weighted by Gasteiger charge is -2.18. The molecule has 2 aromatic rings. The maximum atomic E-state index is 11.4. The molecule has 0 aliphatic carbocycles. The molecule has 0 saturated carbocycles. The molecule has 0 saturated heterocycles. The molecular weight excluding hydrogens is 284 g/mol. The summed E-state index contributed by atoms with van der Waals surface area (Å²) in [5.41, 5.74) is 2.12. The van der Waals surface area contributed by atoms with Crippen molar-refractivity contribution in [3.63, 3.8) is 0 Å². The van der Waals surface area contributed by atoms with Crippen LogP contribution in [0.4, 0.5) is 0 Å². The maximum absolute atomic E-state index is 11.4. The van der Waals surface area contributed by atoms with Crippen LogP contribution in [0.5, 0.6) is 11.5 Å². The maximum Gasteiger partial charge on any atom is 0.303 e. The second kappa shape index (κ2) is 5.89. The summed E-state index contributed by atoms with van der Waals surface area (Å²) >= 11 is 0. The average molecular weight is 298 g/mol. The van der Waals surface area contributed by atoms with E-state index in [0.717, 1.165) is 17.4 Å². The van der Waals surface area contributed by atoms with Gasteiger partial charge in [-0.2, -0.15) is 0 Å². The van der Waals surface area contributed by atoms with E-state index in [0.29, 0.717) is 17.1 Å². The van der Waals surface area contributed by atoms with Crippen molar-refractivity contribution >= 4 is 12.3 Å². The molecule has 0 spiro atoms. The van der Waals surface area contributed by atoms with Crippen LogP contribution in [0.3, 0.4) is 0 Å². The zero-order valence-corrected chi connectivity index (χ0v) is 11.9. The molecule has 1 unspecified atom stereocenters. The van der Waals surface area contributed by atoms with Crippen molar-refractivity contribution in [3.05, 3.63) is 59.2 Å². The van der Waals surface area contributed by atoms with Gasteiger partial charge in [-0.25, -0.2) is 0 Å². The third kappa shape index (κ3) is 2.79. The molecule has 0 radical (unpaired) electrons. The molecule has 1 heterocycles. The van der Waals surface area contributed by atoms with Crippen molar-refractivity contribution in [2.45, 2.75) is 13.0 Å². The summed E-state index contributed by atoms with van der Waals surface area (Å²) in [6.45, 7) is 1.55. The molecule has 0 bridgehead atoms. The number of rotatable bonds is 4. The molecule has 0 amide bonds. The van der Waals surface area contributed by atoms with Gasteiger partial charge in [-0.05, 0) is 17.7 Å². The first-order valence-corrected chi connectivity index (χ1v) is 6.79. The van der Waals surface area contributed by atoms with Crippen molar-refractivity contribution < 1.29 is 23.8 Å². The van der Waals surface area contributed by atoms with Gasteiger partial charge in [0.25, 0.3) is 0 Å². The summed E-state index contributed by atoms with van der Waals surface area (Å²) in [6.07, 6.45) is 0.207. The summed E-state index contributed by atoms with van der Waals surface area (Å²) in [6, 6.07) is 12.3. The molecule has 5 heteroatoms. The number of esters is 1. The number of benzene rings is 2. The van der Waals surface area contributed by atoms with Crippen molar-refractivity contribution in [1.29, 1.82) is 0 Å². The van der Waals surface area contributed by atoms with Crippen LogP contribution in [0.1, 0.15) is 34.5 Å². The lowest BCUT2D eigenvalue weighted by Crippen LogP contribution is -2.10. The Hall–Kier alpha value is -2.82. The van der Waals surface area contributed by atoms with Crippen molar-refractivity contribution in [2.75, 3.05) is 6.79 Å². The summed E-state index contributed by atoms with van der Waals surface area (Å²) in [4.78, 5) is 22.2. The summed E-state index contributed by atoms with van der Waals surface area (Å²) in [7, 11) is 0. The second-order valence-electron chi connectivity index (χ2n) is 4.89. The van der Waals surface area contributed by atoms with Gasteiger partial charge in [-0.3, -0.25) is 9.59 Å². The van der Waals surface area contributed by atoms with Crippen LogP contribution in [-0.2, 0) is 9.53 Å². The highest BCUT2D eigenvalue weighted by Gasteiger charge is 2.21. The van der Waals surface area contributed by atoms with Gasteiger partial charge >= 0.3 is 5.97 Å². The monoisotopic (exact) mass is 298 g/mol. The number of aldehydes is 1. The summed E-state index contributed by atoms with van der Waals surface area (Å²) in [5, 5.41) is 0. The fraction of sp³-hybridized carbons (Fsp3) is 0.176. The van der Waals surface area contributed by atoms with Gasteiger partial charge in [0, 0.05) is 18.1 Å². The van der Waals surface area contributed by atoms with Crippen LogP contribution in [0.15, 0.2) is 42.5 Å². The van der Waals surface area contributed by atoms with Crippen molar-refractivity contribution in [1.82, 2.24) is 0 Å². The van der Waals surface area contributed by atoms with E-state index in [2.05, 4.69) is 0 Å². The van der Waals surface area contributed by atoms with Gasteiger partial charge in [-0.1, -0.05) is 30.3 Å². The first kappa shape index (κ1) is 14.1.